The van der Waals surface area contributed by atoms with Crippen LogP contribution in [-0.4, -0.2) is 15.6 Å². The highest BCUT2D eigenvalue weighted by molar-refractivity contribution is 5.98. The van der Waals surface area contributed by atoms with Gasteiger partial charge < -0.3 is 9.67 Å². The highest BCUT2D eigenvalue weighted by Crippen LogP contribution is 2.31. The number of carboxylic acid groups (broad SMARTS) is 1. The normalized spacial score (nSPS) is 10.9. The number of aromatic nitrogens is 1. The van der Waals surface area contributed by atoms with Gasteiger partial charge in [0.2, 0.25) is 0 Å². The van der Waals surface area contributed by atoms with Crippen LogP contribution in [0.2, 0.25) is 0 Å². The maximum Gasteiger partial charge on any atom is 0.337 e. The quantitative estimate of drug-likeness (QED) is 0.764. The Hall–Kier alpha value is -2.55. The molecule has 0 saturated carbocycles. The molecule has 20 heavy (non-hydrogen) atoms. The van der Waals surface area contributed by atoms with Crippen molar-refractivity contribution in [3.8, 4) is 11.3 Å². The van der Waals surface area contributed by atoms with Crippen molar-refractivity contribution in [1.82, 2.24) is 4.57 Å². The minimum Gasteiger partial charge on any atom is -0.478 e. The van der Waals surface area contributed by atoms with Crippen LogP contribution in [0.15, 0.2) is 48.5 Å². The summed E-state index contributed by atoms with van der Waals surface area (Å²) in [6.07, 6.45) is 0. The predicted molar refractivity (Wildman–Crippen MR) is 80.1 cm³/mol. The van der Waals surface area contributed by atoms with Crippen LogP contribution in [0.5, 0.6) is 0 Å². The van der Waals surface area contributed by atoms with Gasteiger partial charge in [-0.3, -0.25) is 0 Å². The molecule has 0 atom stereocenters. The Balaban J connectivity index is 2.32. The second-order valence-corrected chi connectivity index (χ2v) is 4.92. The smallest absolute Gasteiger partial charge is 0.337 e. The van der Waals surface area contributed by atoms with Crippen molar-refractivity contribution >= 4 is 16.7 Å². The highest BCUT2D eigenvalue weighted by atomic mass is 16.4. The van der Waals surface area contributed by atoms with Crippen LogP contribution in [0.3, 0.4) is 0 Å². The van der Waals surface area contributed by atoms with Crippen LogP contribution in [0.1, 0.15) is 16.1 Å². The van der Waals surface area contributed by atoms with E-state index in [0.29, 0.717) is 5.56 Å². The van der Waals surface area contributed by atoms with E-state index in [1.807, 2.05) is 42.8 Å². The summed E-state index contributed by atoms with van der Waals surface area (Å²) in [5.74, 6) is -0.885. The number of hydrogen-bond acceptors (Lipinski definition) is 1. The summed E-state index contributed by atoms with van der Waals surface area (Å²) in [7, 11) is 1.90. The molecule has 0 aliphatic rings. The third-order valence-corrected chi connectivity index (χ3v) is 3.83. The van der Waals surface area contributed by atoms with E-state index in [0.717, 1.165) is 27.7 Å². The van der Waals surface area contributed by atoms with Gasteiger partial charge in [0.05, 0.1) is 5.56 Å². The molecule has 3 rings (SSSR count). The van der Waals surface area contributed by atoms with E-state index in [-0.39, 0.29) is 0 Å². The Morgan fingerprint density at radius 3 is 2.50 bits per heavy atom. The predicted octanol–water partition coefficient (Wildman–Crippen LogP) is 3.85. The number of benzene rings is 2. The Kier molecular flexibility index (Phi) is 2.83. The molecule has 2 aromatic carbocycles. The number of hydrogen-bond donors (Lipinski definition) is 1. The molecule has 0 aliphatic heterocycles. The van der Waals surface area contributed by atoms with Crippen LogP contribution in [0.4, 0.5) is 0 Å². The van der Waals surface area contributed by atoms with Gasteiger partial charge in [0.1, 0.15) is 0 Å². The molecule has 0 saturated heterocycles. The SMILES string of the molecule is Cc1c(C(=O)O)cc(-c2cccc3ccccc23)n1C. The Morgan fingerprint density at radius 2 is 1.80 bits per heavy atom. The van der Waals surface area contributed by atoms with Crippen molar-refractivity contribution in [2.75, 3.05) is 0 Å². The van der Waals surface area contributed by atoms with E-state index in [1.54, 1.807) is 6.07 Å². The van der Waals surface area contributed by atoms with Gasteiger partial charge in [-0.15, -0.1) is 0 Å². The van der Waals surface area contributed by atoms with Crippen molar-refractivity contribution < 1.29 is 9.90 Å². The molecular weight excluding hydrogens is 250 g/mol. The third-order valence-electron chi connectivity index (χ3n) is 3.83. The standard InChI is InChI=1S/C17H15NO2/c1-11-15(17(19)20)10-16(18(11)2)14-9-5-7-12-6-3-4-8-13(12)14/h3-10H,1-2H3,(H,19,20). The number of nitrogens with zero attached hydrogens (tertiary/aromatic N) is 1. The lowest BCUT2D eigenvalue weighted by Gasteiger charge is -2.08. The fourth-order valence-corrected chi connectivity index (χ4v) is 2.62. The molecule has 3 nitrogen and oxygen atoms in total. The lowest BCUT2D eigenvalue weighted by molar-refractivity contribution is 0.0696. The Morgan fingerprint density at radius 1 is 1.10 bits per heavy atom. The van der Waals surface area contributed by atoms with E-state index in [4.69, 9.17) is 0 Å². The summed E-state index contributed by atoms with van der Waals surface area (Å²) in [5.41, 5.74) is 3.11. The molecule has 0 fully saturated rings. The average Bonchev–Trinajstić information content (AvgIpc) is 2.75. The third kappa shape index (κ3) is 1.79. The minimum atomic E-state index is -0.885. The molecule has 0 aliphatic carbocycles. The Bertz CT molecular complexity index is 810. The second-order valence-electron chi connectivity index (χ2n) is 4.92. The van der Waals surface area contributed by atoms with Crippen LogP contribution >= 0.6 is 0 Å². The molecule has 100 valence electrons. The minimum absolute atomic E-state index is 0.357. The van der Waals surface area contributed by atoms with E-state index >= 15 is 0 Å². The number of carbonyl (C=O) groups is 1. The zero-order valence-electron chi connectivity index (χ0n) is 11.4. The van der Waals surface area contributed by atoms with Crippen molar-refractivity contribution in [1.29, 1.82) is 0 Å². The molecule has 0 unspecified atom stereocenters. The van der Waals surface area contributed by atoms with Gasteiger partial charge in [-0.25, -0.2) is 4.79 Å². The number of fused-ring (bicyclic) bond motifs is 1. The van der Waals surface area contributed by atoms with Crippen molar-refractivity contribution in [3.63, 3.8) is 0 Å². The van der Waals surface area contributed by atoms with Gasteiger partial charge >= 0.3 is 5.97 Å². The first-order chi connectivity index (χ1) is 9.59. The fraction of sp³-hybridized carbons (Fsp3) is 0.118. The molecule has 1 N–H and O–H groups in total. The molecule has 0 radical (unpaired) electrons. The zero-order valence-corrected chi connectivity index (χ0v) is 11.4. The number of carboxylic acids is 1. The summed E-state index contributed by atoms with van der Waals surface area (Å²) in [6, 6.07) is 16.0. The van der Waals surface area contributed by atoms with Gasteiger partial charge in [-0.05, 0) is 23.8 Å². The highest BCUT2D eigenvalue weighted by Gasteiger charge is 2.16. The summed E-state index contributed by atoms with van der Waals surface area (Å²) < 4.78 is 1.94. The van der Waals surface area contributed by atoms with Crippen LogP contribution in [-0.2, 0) is 7.05 Å². The second kappa shape index (κ2) is 4.53. The van der Waals surface area contributed by atoms with Crippen molar-refractivity contribution in [3.05, 3.63) is 59.8 Å². The van der Waals surface area contributed by atoms with E-state index in [2.05, 4.69) is 18.2 Å². The average molecular weight is 265 g/mol. The van der Waals surface area contributed by atoms with Crippen LogP contribution in [0.25, 0.3) is 22.0 Å². The van der Waals surface area contributed by atoms with Gasteiger partial charge in [0.25, 0.3) is 0 Å². The first kappa shape index (κ1) is 12.5. The molecular formula is C17H15NO2. The summed E-state index contributed by atoms with van der Waals surface area (Å²) >= 11 is 0. The summed E-state index contributed by atoms with van der Waals surface area (Å²) in [6.45, 7) is 1.83. The number of rotatable bonds is 2. The monoisotopic (exact) mass is 265 g/mol. The summed E-state index contributed by atoms with van der Waals surface area (Å²) in [5, 5.41) is 11.5. The van der Waals surface area contributed by atoms with E-state index in [9.17, 15) is 9.90 Å². The largest absolute Gasteiger partial charge is 0.478 e. The first-order valence-electron chi connectivity index (χ1n) is 6.47. The van der Waals surface area contributed by atoms with Gasteiger partial charge in [-0.2, -0.15) is 0 Å². The van der Waals surface area contributed by atoms with Gasteiger partial charge in [0, 0.05) is 24.0 Å². The van der Waals surface area contributed by atoms with Crippen LogP contribution in [0, 0.1) is 6.92 Å². The molecule has 0 bridgehead atoms. The summed E-state index contributed by atoms with van der Waals surface area (Å²) in [4.78, 5) is 11.3. The lowest BCUT2D eigenvalue weighted by Crippen LogP contribution is -1.99. The molecule has 0 spiro atoms. The fourth-order valence-electron chi connectivity index (χ4n) is 2.62. The molecule has 3 aromatic rings. The van der Waals surface area contributed by atoms with E-state index in [1.165, 1.54) is 0 Å². The van der Waals surface area contributed by atoms with Gasteiger partial charge in [0.15, 0.2) is 0 Å². The van der Waals surface area contributed by atoms with E-state index < -0.39 is 5.97 Å². The molecule has 3 heteroatoms. The topological polar surface area (TPSA) is 42.2 Å². The van der Waals surface area contributed by atoms with Crippen LogP contribution < -0.4 is 0 Å². The maximum atomic E-state index is 11.3. The molecule has 1 heterocycles. The Labute approximate surface area is 117 Å². The first-order valence-corrected chi connectivity index (χ1v) is 6.47. The molecule has 0 amide bonds. The van der Waals surface area contributed by atoms with Crippen molar-refractivity contribution in [2.24, 2.45) is 7.05 Å². The maximum absolute atomic E-state index is 11.3. The number of aromatic carboxylic acids is 1. The molecule has 1 aromatic heterocycles. The zero-order chi connectivity index (χ0) is 14.3. The van der Waals surface area contributed by atoms with Gasteiger partial charge in [-0.1, -0.05) is 42.5 Å². The van der Waals surface area contributed by atoms with Crippen molar-refractivity contribution in [2.45, 2.75) is 6.92 Å². The lowest BCUT2D eigenvalue weighted by atomic mass is 10.0.